The fourth-order valence-corrected chi connectivity index (χ4v) is 5.36. The van der Waals surface area contributed by atoms with Gasteiger partial charge in [0.15, 0.2) is 0 Å². The van der Waals surface area contributed by atoms with E-state index in [-0.39, 0.29) is 17.6 Å². The lowest BCUT2D eigenvalue weighted by Gasteiger charge is -2.30. The summed E-state index contributed by atoms with van der Waals surface area (Å²) >= 11 is 7.78. The highest BCUT2D eigenvalue weighted by Crippen LogP contribution is 2.43. The van der Waals surface area contributed by atoms with Crippen LogP contribution in [-0.4, -0.2) is 17.6 Å². The standard InChI is InChI=1S/C30H27ClN4O2S/c1-3-20-13-15-22(16-14-20)34-26(36)18-38-30-24(17-32)28(23-11-7-8-12-25(23)31)27(19(2)33-30)29(37)35-21-9-5-4-6-10-21/h4-16,28,33H,3,18H2,1-2H3,(H,34,36)(H,35,37)/t28-/m1/s1. The van der Waals surface area contributed by atoms with Crippen LogP contribution in [-0.2, 0) is 16.0 Å². The highest BCUT2D eigenvalue weighted by molar-refractivity contribution is 8.03. The minimum absolute atomic E-state index is 0.0805. The van der Waals surface area contributed by atoms with Gasteiger partial charge in [-0.25, -0.2) is 0 Å². The summed E-state index contributed by atoms with van der Waals surface area (Å²) in [6.07, 6.45) is 0.922. The van der Waals surface area contributed by atoms with E-state index in [0.717, 1.165) is 6.42 Å². The monoisotopic (exact) mass is 542 g/mol. The SMILES string of the molecule is CCc1ccc(NC(=O)CSC2=C(C#N)[C@@H](c3ccccc3Cl)C(C(=O)Nc3ccccc3)=C(C)N2)cc1. The largest absolute Gasteiger partial charge is 0.353 e. The smallest absolute Gasteiger partial charge is 0.254 e. The zero-order valence-corrected chi connectivity index (χ0v) is 22.6. The molecule has 0 saturated carbocycles. The third kappa shape index (κ3) is 6.28. The van der Waals surface area contributed by atoms with Gasteiger partial charge in [0.1, 0.15) is 0 Å². The number of rotatable bonds is 8. The molecule has 0 radical (unpaired) electrons. The minimum atomic E-state index is -0.703. The first-order valence-electron chi connectivity index (χ1n) is 12.2. The average Bonchev–Trinajstić information content (AvgIpc) is 2.92. The highest BCUT2D eigenvalue weighted by atomic mass is 35.5. The Balaban J connectivity index is 1.61. The fourth-order valence-electron chi connectivity index (χ4n) is 4.23. The molecule has 1 aliphatic rings. The van der Waals surface area contributed by atoms with E-state index in [4.69, 9.17) is 11.6 Å². The molecule has 1 heterocycles. The van der Waals surface area contributed by atoms with E-state index >= 15 is 0 Å². The molecule has 0 aromatic heterocycles. The van der Waals surface area contributed by atoms with Crippen LogP contribution >= 0.6 is 23.4 Å². The van der Waals surface area contributed by atoms with Gasteiger partial charge in [0, 0.05) is 27.7 Å². The van der Waals surface area contributed by atoms with Gasteiger partial charge >= 0.3 is 0 Å². The van der Waals surface area contributed by atoms with Crippen LogP contribution in [0.2, 0.25) is 5.02 Å². The van der Waals surface area contributed by atoms with Crippen molar-refractivity contribution in [1.29, 1.82) is 5.26 Å². The van der Waals surface area contributed by atoms with Gasteiger partial charge in [-0.3, -0.25) is 9.59 Å². The summed E-state index contributed by atoms with van der Waals surface area (Å²) in [4.78, 5) is 26.2. The zero-order valence-electron chi connectivity index (χ0n) is 21.0. The number of dihydropyridines is 1. The van der Waals surface area contributed by atoms with Crippen molar-refractivity contribution in [1.82, 2.24) is 5.32 Å². The second-order valence-corrected chi connectivity index (χ2v) is 10.1. The summed E-state index contributed by atoms with van der Waals surface area (Å²) in [5.41, 5.74) is 4.48. The normalized spacial score (nSPS) is 14.9. The maximum atomic E-state index is 13.5. The molecule has 0 aliphatic carbocycles. The molecule has 0 spiro atoms. The van der Waals surface area contributed by atoms with E-state index in [1.165, 1.54) is 17.3 Å². The first kappa shape index (κ1) is 27.1. The molecule has 3 aromatic rings. The number of halogens is 1. The Hall–Kier alpha value is -3.99. The second kappa shape index (κ2) is 12.5. The van der Waals surface area contributed by atoms with Crippen molar-refractivity contribution >= 4 is 46.6 Å². The van der Waals surface area contributed by atoms with Gasteiger partial charge in [0.05, 0.1) is 28.3 Å². The Kier molecular flexibility index (Phi) is 8.90. The van der Waals surface area contributed by atoms with Gasteiger partial charge < -0.3 is 16.0 Å². The summed E-state index contributed by atoms with van der Waals surface area (Å²) in [6.45, 7) is 3.86. The number of anilines is 2. The van der Waals surface area contributed by atoms with Gasteiger partial charge in [-0.1, -0.05) is 78.8 Å². The zero-order chi connectivity index (χ0) is 27.1. The molecule has 4 rings (SSSR count). The van der Waals surface area contributed by atoms with Crippen LogP contribution in [0.15, 0.2) is 101 Å². The molecule has 1 aliphatic heterocycles. The molecular weight excluding hydrogens is 516 g/mol. The fraction of sp³-hybridized carbons (Fsp3) is 0.167. The molecule has 0 bridgehead atoms. The van der Waals surface area contributed by atoms with E-state index in [9.17, 15) is 14.9 Å². The van der Waals surface area contributed by atoms with E-state index in [1.807, 2.05) is 54.6 Å². The topological polar surface area (TPSA) is 94.0 Å². The average molecular weight is 543 g/mol. The molecule has 2 amide bonds. The van der Waals surface area contributed by atoms with Crippen LogP contribution in [0.3, 0.4) is 0 Å². The van der Waals surface area contributed by atoms with Gasteiger partial charge in [-0.2, -0.15) is 5.26 Å². The van der Waals surface area contributed by atoms with Crippen LogP contribution in [0.25, 0.3) is 0 Å². The number of hydrogen-bond acceptors (Lipinski definition) is 5. The molecule has 0 fully saturated rings. The van der Waals surface area contributed by atoms with Crippen LogP contribution in [0, 0.1) is 11.3 Å². The molecule has 0 unspecified atom stereocenters. The van der Waals surface area contributed by atoms with E-state index in [2.05, 4.69) is 28.9 Å². The Bertz CT molecular complexity index is 1440. The molecule has 0 saturated heterocycles. The predicted molar refractivity (Wildman–Crippen MR) is 155 cm³/mol. The van der Waals surface area contributed by atoms with Gasteiger partial charge in [0.25, 0.3) is 5.91 Å². The molecular formula is C30H27ClN4O2S. The third-order valence-electron chi connectivity index (χ3n) is 6.13. The Labute approximate surface area is 231 Å². The lowest BCUT2D eigenvalue weighted by Crippen LogP contribution is -2.31. The van der Waals surface area contributed by atoms with Crippen molar-refractivity contribution in [3.05, 3.63) is 117 Å². The number of allylic oxidation sites excluding steroid dienone is 2. The number of nitrogens with one attached hydrogen (secondary N) is 3. The summed E-state index contributed by atoms with van der Waals surface area (Å²) in [5.74, 6) is -1.16. The number of nitriles is 1. The van der Waals surface area contributed by atoms with E-state index < -0.39 is 5.92 Å². The molecule has 1 atom stereocenters. The second-order valence-electron chi connectivity index (χ2n) is 8.68. The maximum Gasteiger partial charge on any atom is 0.254 e. The lowest BCUT2D eigenvalue weighted by molar-refractivity contribution is -0.114. The number of thioether (sulfide) groups is 1. The first-order valence-corrected chi connectivity index (χ1v) is 13.5. The lowest BCUT2D eigenvalue weighted by atomic mass is 9.82. The Morgan fingerprint density at radius 1 is 0.974 bits per heavy atom. The molecule has 38 heavy (non-hydrogen) atoms. The number of hydrogen-bond donors (Lipinski definition) is 3. The molecule has 3 N–H and O–H groups in total. The van der Waals surface area contributed by atoms with Gasteiger partial charge in [-0.15, -0.1) is 0 Å². The summed E-state index contributed by atoms with van der Waals surface area (Å²) in [5, 5.41) is 20.2. The number of benzene rings is 3. The van der Waals surface area contributed by atoms with Gasteiger partial charge in [0.2, 0.25) is 5.91 Å². The van der Waals surface area contributed by atoms with Crippen molar-refractivity contribution < 1.29 is 9.59 Å². The van der Waals surface area contributed by atoms with E-state index in [0.29, 0.717) is 43.8 Å². The Morgan fingerprint density at radius 3 is 2.29 bits per heavy atom. The van der Waals surface area contributed by atoms with Crippen molar-refractivity contribution in [2.24, 2.45) is 0 Å². The third-order valence-corrected chi connectivity index (χ3v) is 7.49. The molecule has 6 nitrogen and oxygen atoms in total. The van der Waals surface area contributed by atoms with Gasteiger partial charge in [-0.05, 0) is 54.8 Å². The number of para-hydroxylation sites is 1. The first-order chi connectivity index (χ1) is 18.4. The van der Waals surface area contributed by atoms with Crippen molar-refractivity contribution in [3.8, 4) is 6.07 Å². The number of aryl methyl sites for hydroxylation is 1. The van der Waals surface area contributed by atoms with E-state index in [1.54, 1.807) is 31.2 Å². The quantitative estimate of drug-likeness (QED) is 0.298. The summed E-state index contributed by atoms with van der Waals surface area (Å²) in [7, 11) is 0. The molecule has 8 heteroatoms. The van der Waals surface area contributed by atoms with Crippen LogP contribution in [0.1, 0.15) is 30.9 Å². The number of amides is 2. The van der Waals surface area contributed by atoms with Crippen LogP contribution in [0.4, 0.5) is 11.4 Å². The van der Waals surface area contributed by atoms with Crippen LogP contribution in [0.5, 0.6) is 0 Å². The predicted octanol–water partition coefficient (Wildman–Crippen LogP) is 6.61. The Morgan fingerprint density at radius 2 is 1.63 bits per heavy atom. The van der Waals surface area contributed by atoms with Crippen molar-refractivity contribution in [3.63, 3.8) is 0 Å². The van der Waals surface area contributed by atoms with Crippen LogP contribution < -0.4 is 16.0 Å². The van der Waals surface area contributed by atoms with Crippen molar-refractivity contribution in [2.75, 3.05) is 16.4 Å². The maximum absolute atomic E-state index is 13.5. The minimum Gasteiger partial charge on any atom is -0.353 e. The summed E-state index contributed by atoms with van der Waals surface area (Å²) in [6, 6.07) is 26.3. The number of carbonyl (C=O) groups is 2. The molecule has 192 valence electrons. The number of nitrogens with zero attached hydrogens (tertiary/aromatic N) is 1. The highest BCUT2D eigenvalue weighted by Gasteiger charge is 2.35. The van der Waals surface area contributed by atoms with Crippen molar-refractivity contribution in [2.45, 2.75) is 26.2 Å². The molecule has 3 aromatic carbocycles. The number of carbonyl (C=O) groups excluding carboxylic acids is 2. The summed E-state index contributed by atoms with van der Waals surface area (Å²) < 4.78 is 0.